The molecule has 1 aliphatic carbocycles. The standard InChI is InChI=1S/C19H20Cl2N4O2/c20-15-2-1-7-22-17(15)25-8-5-12(6-9-25)18(26)24-13-10-16(21)19(23-11-13)27-14-3-4-14/h1-2,7,10-12,14H,3-6,8-9H2,(H,24,26). The molecular weight excluding hydrogens is 387 g/mol. The van der Waals surface area contributed by atoms with Crippen LogP contribution in [0.2, 0.25) is 10.0 Å². The van der Waals surface area contributed by atoms with Crippen LogP contribution in [0.5, 0.6) is 5.88 Å². The van der Waals surface area contributed by atoms with Gasteiger partial charge in [0.1, 0.15) is 16.9 Å². The number of amides is 1. The summed E-state index contributed by atoms with van der Waals surface area (Å²) in [7, 11) is 0. The molecule has 2 aromatic heterocycles. The molecule has 0 radical (unpaired) electrons. The Morgan fingerprint density at radius 2 is 1.93 bits per heavy atom. The van der Waals surface area contributed by atoms with Crippen LogP contribution in [0.25, 0.3) is 0 Å². The highest BCUT2D eigenvalue weighted by atomic mass is 35.5. The fraction of sp³-hybridized carbons (Fsp3) is 0.421. The number of hydrogen-bond acceptors (Lipinski definition) is 5. The second kappa shape index (κ2) is 7.90. The molecule has 2 aromatic rings. The Hall–Kier alpha value is -2.05. The summed E-state index contributed by atoms with van der Waals surface area (Å²) in [6.07, 6.45) is 7.11. The Balaban J connectivity index is 1.33. The summed E-state index contributed by atoms with van der Waals surface area (Å²) in [6, 6.07) is 5.33. The quantitative estimate of drug-likeness (QED) is 0.806. The number of piperidine rings is 1. The average molecular weight is 407 g/mol. The van der Waals surface area contributed by atoms with Gasteiger partial charge in [0.15, 0.2) is 0 Å². The van der Waals surface area contributed by atoms with Crippen LogP contribution in [0.15, 0.2) is 30.6 Å². The van der Waals surface area contributed by atoms with Crippen molar-refractivity contribution >= 4 is 40.6 Å². The maximum Gasteiger partial charge on any atom is 0.232 e. The van der Waals surface area contributed by atoms with Crippen molar-refractivity contribution in [1.82, 2.24) is 9.97 Å². The Morgan fingerprint density at radius 1 is 1.15 bits per heavy atom. The fourth-order valence-electron chi connectivity index (χ4n) is 3.13. The predicted molar refractivity (Wildman–Crippen MR) is 106 cm³/mol. The van der Waals surface area contributed by atoms with Crippen molar-refractivity contribution in [2.45, 2.75) is 31.8 Å². The first kappa shape index (κ1) is 18.3. The van der Waals surface area contributed by atoms with Crippen molar-refractivity contribution < 1.29 is 9.53 Å². The topological polar surface area (TPSA) is 67.3 Å². The highest BCUT2D eigenvalue weighted by molar-refractivity contribution is 6.33. The van der Waals surface area contributed by atoms with Crippen molar-refractivity contribution in [3.05, 3.63) is 40.6 Å². The number of nitrogens with zero attached hydrogens (tertiary/aromatic N) is 3. The molecule has 1 aliphatic heterocycles. The molecular formula is C19H20Cl2N4O2. The van der Waals surface area contributed by atoms with Crippen LogP contribution in [0.1, 0.15) is 25.7 Å². The molecule has 1 N–H and O–H groups in total. The van der Waals surface area contributed by atoms with Gasteiger partial charge in [-0.05, 0) is 43.9 Å². The molecule has 0 unspecified atom stereocenters. The van der Waals surface area contributed by atoms with Gasteiger partial charge in [-0.2, -0.15) is 0 Å². The lowest BCUT2D eigenvalue weighted by molar-refractivity contribution is -0.120. The Morgan fingerprint density at radius 3 is 2.59 bits per heavy atom. The van der Waals surface area contributed by atoms with Crippen molar-refractivity contribution in [3.63, 3.8) is 0 Å². The number of anilines is 2. The van der Waals surface area contributed by atoms with E-state index in [0.29, 0.717) is 21.6 Å². The molecule has 3 heterocycles. The number of pyridine rings is 2. The van der Waals surface area contributed by atoms with Gasteiger partial charge in [0, 0.05) is 25.2 Å². The smallest absolute Gasteiger partial charge is 0.232 e. The van der Waals surface area contributed by atoms with Crippen LogP contribution in [-0.2, 0) is 4.79 Å². The molecule has 4 rings (SSSR count). The summed E-state index contributed by atoms with van der Waals surface area (Å²) in [5.74, 6) is 1.12. The third kappa shape index (κ3) is 4.45. The maximum absolute atomic E-state index is 12.6. The largest absolute Gasteiger partial charge is 0.473 e. The third-order valence-electron chi connectivity index (χ3n) is 4.78. The van der Waals surface area contributed by atoms with E-state index in [1.165, 1.54) is 0 Å². The van der Waals surface area contributed by atoms with Gasteiger partial charge in [0.25, 0.3) is 0 Å². The van der Waals surface area contributed by atoms with Gasteiger partial charge in [0.05, 0.1) is 16.9 Å². The van der Waals surface area contributed by atoms with Gasteiger partial charge >= 0.3 is 0 Å². The lowest BCUT2D eigenvalue weighted by Gasteiger charge is -2.32. The molecule has 6 nitrogen and oxygen atoms in total. The third-order valence-corrected chi connectivity index (χ3v) is 5.35. The molecule has 2 fully saturated rings. The van der Waals surface area contributed by atoms with Crippen LogP contribution in [0, 0.1) is 5.92 Å². The van der Waals surface area contributed by atoms with Crippen LogP contribution >= 0.6 is 23.2 Å². The Labute approximate surface area is 167 Å². The highest BCUT2D eigenvalue weighted by Crippen LogP contribution is 2.32. The first-order valence-electron chi connectivity index (χ1n) is 9.08. The van der Waals surface area contributed by atoms with E-state index in [1.54, 1.807) is 18.5 Å². The monoisotopic (exact) mass is 406 g/mol. The summed E-state index contributed by atoms with van der Waals surface area (Å²) in [5.41, 5.74) is 0.586. The number of halogens is 2. The van der Waals surface area contributed by atoms with Gasteiger partial charge in [-0.15, -0.1) is 0 Å². The molecule has 0 bridgehead atoms. The van der Waals surface area contributed by atoms with E-state index in [9.17, 15) is 4.79 Å². The van der Waals surface area contributed by atoms with E-state index in [1.807, 2.05) is 12.1 Å². The number of ether oxygens (including phenoxy) is 1. The maximum atomic E-state index is 12.6. The number of hydrogen-bond donors (Lipinski definition) is 1. The van der Waals surface area contributed by atoms with Crippen LogP contribution in [0.4, 0.5) is 11.5 Å². The zero-order chi connectivity index (χ0) is 18.8. The van der Waals surface area contributed by atoms with Crippen LogP contribution in [0.3, 0.4) is 0 Å². The summed E-state index contributed by atoms with van der Waals surface area (Å²) in [5, 5.41) is 3.96. The van der Waals surface area contributed by atoms with Crippen LogP contribution in [-0.4, -0.2) is 35.1 Å². The number of rotatable bonds is 5. The summed E-state index contributed by atoms with van der Waals surface area (Å²) in [4.78, 5) is 23.3. The van der Waals surface area contributed by atoms with Crippen molar-refractivity contribution in [2.75, 3.05) is 23.3 Å². The lowest BCUT2D eigenvalue weighted by atomic mass is 9.96. The first-order chi connectivity index (χ1) is 13.1. The molecule has 1 amide bonds. The molecule has 0 atom stereocenters. The van der Waals surface area contributed by atoms with Gasteiger partial charge in [-0.3, -0.25) is 4.79 Å². The lowest BCUT2D eigenvalue weighted by Crippen LogP contribution is -2.38. The molecule has 142 valence electrons. The molecule has 27 heavy (non-hydrogen) atoms. The van der Waals surface area contributed by atoms with Gasteiger partial charge < -0.3 is 15.0 Å². The van der Waals surface area contributed by atoms with Crippen LogP contribution < -0.4 is 15.0 Å². The number of nitrogens with one attached hydrogen (secondary N) is 1. The Kier molecular flexibility index (Phi) is 5.36. The second-order valence-corrected chi connectivity index (χ2v) is 7.70. The van der Waals surface area contributed by atoms with Crippen molar-refractivity contribution in [3.8, 4) is 5.88 Å². The number of aromatic nitrogens is 2. The SMILES string of the molecule is O=C(Nc1cnc(OC2CC2)c(Cl)c1)C1CCN(c2ncccc2Cl)CC1. The molecule has 8 heteroatoms. The van der Waals surface area contributed by atoms with E-state index < -0.39 is 0 Å². The van der Waals surface area contributed by atoms with Crippen molar-refractivity contribution in [1.29, 1.82) is 0 Å². The van der Waals surface area contributed by atoms with Gasteiger partial charge in [0.2, 0.25) is 11.8 Å². The van der Waals surface area contributed by atoms with E-state index in [2.05, 4.69) is 20.2 Å². The van der Waals surface area contributed by atoms with E-state index in [0.717, 1.165) is 44.6 Å². The fourth-order valence-corrected chi connectivity index (χ4v) is 3.58. The van der Waals surface area contributed by atoms with E-state index >= 15 is 0 Å². The predicted octanol–water partition coefficient (Wildman–Crippen LogP) is 4.18. The summed E-state index contributed by atoms with van der Waals surface area (Å²) < 4.78 is 5.62. The summed E-state index contributed by atoms with van der Waals surface area (Å²) >= 11 is 12.4. The minimum Gasteiger partial charge on any atom is -0.473 e. The zero-order valence-corrected chi connectivity index (χ0v) is 16.2. The van der Waals surface area contributed by atoms with Crippen molar-refractivity contribution in [2.24, 2.45) is 5.92 Å². The zero-order valence-electron chi connectivity index (χ0n) is 14.7. The Bertz CT molecular complexity index is 836. The van der Waals surface area contributed by atoms with Gasteiger partial charge in [-0.25, -0.2) is 9.97 Å². The minimum absolute atomic E-state index is 0.0181. The molecule has 1 saturated heterocycles. The molecule has 2 aliphatic rings. The first-order valence-corrected chi connectivity index (χ1v) is 9.84. The molecule has 1 saturated carbocycles. The van der Waals surface area contributed by atoms with Gasteiger partial charge in [-0.1, -0.05) is 23.2 Å². The number of carbonyl (C=O) groups excluding carboxylic acids is 1. The normalized spacial score (nSPS) is 17.6. The molecule has 0 spiro atoms. The summed E-state index contributed by atoms with van der Waals surface area (Å²) in [6.45, 7) is 1.48. The second-order valence-electron chi connectivity index (χ2n) is 6.89. The average Bonchev–Trinajstić information content (AvgIpc) is 3.49. The van der Waals surface area contributed by atoms with E-state index in [4.69, 9.17) is 27.9 Å². The molecule has 0 aromatic carbocycles. The van der Waals surface area contributed by atoms with E-state index in [-0.39, 0.29) is 17.9 Å². The highest BCUT2D eigenvalue weighted by Gasteiger charge is 2.27. The minimum atomic E-state index is -0.0649. The number of carbonyl (C=O) groups is 1.